The summed E-state index contributed by atoms with van der Waals surface area (Å²) in [5, 5.41) is 5.90. The number of nitrogens with one attached hydrogen (secondary N) is 2. The fraction of sp³-hybridized carbons (Fsp3) is 0.700. The average molecular weight is 184 g/mol. The maximum Gasteiger partial charge on any atom is 0.224 e. The minimum atomic E-state index is -0.0147. The van der Waals surface area contributed by atoms with Crippen LogP contribution < -0.4 is 10.6 Å². The lowest BCUT2D eigenvalue weighted by Gasteiger charge is -2.15. The number of rotatable bonds is 5. The van der Waals surface area contributed by atoms with Gasteiger partial charge in [-0.1, -0.05) is 13.5 Å². The van der Waals surface area contributed by atoms with Crippen molar-refractivity contribution in [2.75, 3.05) is 6.54 Å². The zero-order valence-electron chi connectivity index (χ0n) is 8.98. The van der Waals surface area contributed by atoms with Crippen LogP contribution in [0.4, 0.5) is 0 Å². The number of carbonyl (C=O) groups excluding carboxylic acids is 1. The van der Waals surface area contributed by atoms with Crippen LogP contribution in [0.2, 0.25) is 0 Å². The van der Waals surface area contributed by atoms with E-state index in [1.807, 2.05) is 27.7 Å². The second-order valence-electron chi connectivity index (χ2n) is 3.73. The van der Waals surface area contributed by atoms with Crippen molar-refractivity contribution in [3.63, 3.8) is 0 Å². The molecule has 13 heavy (non-hydrogen) atoms. The van der Waals surface area contributed by atoms with Crippen LogP contribution in [0.25, 0.3) is 0 Å². The summed E-state index contributed by atoms with van der Waals surface area (Å²) in [6.07, 6.45) is 0. The van der Waals surface area contributed by atoms with E-state index in [0.717, 1.165) is 5.70 Å². The van der Waals surface area contributed by atoms with E-state index in [-0.39, 0.29) is 17.9 Å². The number of amides is 1. The molecule has 0 aromatic heterocycles. The standard InChI is InChI=1S/C10H20N2O/c1-7(2)11-6-9(5)10(13)12-8(3)4/h8-9,11H,1,6H2,2-5H3,(H,12,13). The number of allylic oxidation sites excluding steroid dienone is 1. The van der Waals surface area contributed by atoms with E-state index in [4.69, 9.17) is 0 Å². The van der Waals surface area contributed by atoms with E-state index in [2.05, 4.69) is 17.2 Å². The molecule has 1 amide bonds. The van der Waals surface area contributed by atoms with Crippen molar-refractivity contribution >= 4 is 5.91 Å². The third kappa shape index (κ3) is 6.20. The lowest BCUT2D eigenvalue weighted by Crippen LogP contribution is -2.38. The summed E-state index contributed by atoms with van der Waals surface area (Å²) in [6, 6.07) is 0.208. The van der Waals surface area contributed by atoms with Crippen molar-refractivity contribution in [2.45, 2.75) is 33.7 Å². The highest BCUT2D eigenvalue weighted by Crippen LogP contribution is 1.95. The molecule has 0 aromatic rings. The summed E-state index contributed by atoms with van der Waals surface area (Å²) in [5.41, 5.74) is 0.893. The molecule has 1 unspecified atom stereocenters. The van der Waals surface area contributed by atoms with E-state index in [1.54, 1.807) is 0 Å². The Morgan fingerprint density at radius 3 is 2.31 bits per heavy atom. The predicted octanol–water partition coefficient (Wildman–Crippen LogP) is 1.27. The summed E-state index contributed by atoms with van der Waals surface area (Å²) in [6.45, 7) is 12.0. The normalized spacial score (nSPS) is 12.4. The Labute approximate surface area is 80.6 Å². The molecule has 76 valence electrons. The maximum atomic E-state index is 11.4. The van der Waals surface area contributed by atoms with E-state index >= 15 is 0 Å². The van der Waals surface area contributed by atoms with Gasteiger partial charge < -0.3 is 10.6 Å². The Hall–Kier alpha value is -0.990. The molecule has 2 N–H and O–H groups in total. The maximum absolute atomic E-state index is 11.4. The Kier molecular flexibility index (Phi) is 5.19. The van der Waals surface area contributed by atoms with Crippen LogP contribution in [-0.4, -0.2) is 18.5 Å². The van der Waals surface area contributed by atoms with Gasteiger partial charge in [0.05, 0.1) is 5.92 Å². The first-order valence-corrected chi connectivity index (χ1v) is 4.63. The van der Waals surface area contributed by atoms with E-state index in [0.29, 0.717) is 6.54 Å². The van der Waals surface area contributed by atoms with Crippen molar-refractivity contribution in [1.29, 1.82) is 0 Å². The first kappa shape index (κ1) is 12.0. The molecular formula is C10H20N2O. The van der Waals surface area contributed by atoms with Crippen LogP contribution in [0.15, 0.2) is 12.3 Å². The molecule has 0 rings (SSSR count). The fourth-order valence-electron chi connectivity index (χ4n) is 0.847. The lowest BCUT2D eigenvalue weighted by atomic mass is 10.1. The first-order valence-electron chi connectivity index (χ1n) is 4.63. The van der Waals surface area contributed by atoms with Crippen LogP contribution in [0.1, 0.15) is 27.7 Å². The van der Waals surface area contributed by atoms with Crippen molar-refractivity contribution in [1.82, 2.24) is 10.6 Å². The van der Waals surface area contributed by atoms with Gasteiger partial charge >= 0.3 is 0 Å². The molecular weight excluding hydrogens is 164 g/mol. The molecule has 0 aromatic carbocycles. The third-order valence-electron chi connectivity index (χ3n) is 1.59. The van der Waals surface area contributed by atoms with Gasteiger partial charge in [-0.15, -0.1) is 0 Å². The molecule has 3 nitrogen and oxygen atoms in total. The van der Waals surface area contributed by atoms with Crippen LogP contribution in [-0.2, 0) is 4.79 Å². The van der Waals surface area contributed by atoms with Gasteiger partial charge in [0, 0.05) is 18.3 Å². The van der Waals surface area contributed by atoms with Crippen LogP contribution in [0.5, 0.6) is 0 Å². The van der Waals surface area contributed by atoms with Crippen LogP contribution >= 0.6 is 0 Å². The SMILES string of the molecule is C=C(C)NCC(C)C(=O)NC(C)C. The number of carbonyl (C=O) groups is 1. The summed E-state index contributed by atoms with van der Waals surface area (Å²) >= 11 is 0. The lowest BCUT2D eigenvalue weighted by molar-refractivity contribution is -0.124. The van der Waals surface area contributed by atoms with Gasteiger partial charge in [-0.2, -0.15) is 0 Å². The Balaban J connectivity index is 3.76. The monoisotopic (exact) mass is 184 g/mol. The summed E-state index contributed by atoms with van der Waals surface area (Å²) in [5.74, 6) is 0.0721. The summed E-state index contributed by atoms with van der Waals surface area (Å²) < 4.78 is 0. The van der Waals surface area contributed by atoms with Crippen molar-refractivity contribution in [2.24, 2.45) is 5.92 Å². The summed E-state index contributed by atoms with van der Waals surface area (Å²) in [4.78, 5) is 11.4. The van der Waals surface area contributed by atoms with Gasteiger partial charge in [0.25, 0.3) is 0 Å². The van der Waals surface area contributed by atoms with Crippen molar-refractivity contribution in [3.8, 4) is 0 Å². The van der Waals surface area contributed by atoms with E-state index < -0.39 is 0 Å². The Morgan fingerprint density at radius 2 is 1.92 bits per heavy atom. The third-order valence-corrected chi connectivity index (χ3v) is 1.59. The van der Waals surface area contributed by atoms with E-state index in [1.165, 1.54) is 0 Å². The molecule has 1 atom stereocenters. The van der Waals surface area contributed by atoms with Gasteiger partial charge in [0.15, 0.2) is 0 Å². The molecule has 0 saturated heterocycles. The summed E-state index contributed by atoms with van der Waals surface area (Å²) in [7, 11) is 0. The number of hydrogen-bond donors (Lipinski definition) is 2. The molecule has 0 aliphatic carbocycles. The molecule has 0 spiro atoms. The molecule has 0 saturated carbocycles. The van der Waals surface area contributed by atoms with Crippen molar-refractivity contribution < 1.29 is 4.79 Å². The second-order valence-corrected chi connectivity index (χ2v) is 3.73. The minimum Gasteiger partial charge on any atom is -0.388 e. The zero-order chi connectivity index (χ0) is 10.4. The second kappa shape index (κ2) is 5.62. The van der Waals surface area contributed by atoms with Gasteiger partial charge in [-0.3, -0.25) is 4.79 Å². The highest BCUT2D eigenvalue weighted by atomic mass is 16.1. The van der Waals surface area contributed by atoms with Gasteiger partial charge in [-0.05, 0) is 20.8 Å². The van der Waals surface area contributed by atoms with Crippen LogP contribution in [0, 0.1) is 5.92 Å². The Morgan fingerprint density at radius 1 is 1.38 bits per heavy atom. The largest absolute Gasteiger partial charge is 0.388 e. The van der Waals surface area contributed by atoms with Crippen molar-refractivity contribution in [3.05, 3.63) is 12.3 Å². The predicted molar refractivity (Wildman–Crippen MR) is 55.3 cm³/mol. The van der Waals surface area contributed by atoms with Gasteiger partial charge in [0.1, 0.15) is 0 Å². The molecule has 0 radical (unpaired) electrons. The topological polar surface area (TPSA) is 41.1 Å². The van der Waals surface area contributed by atoms with Crippen LogP contribution in [0.3, 0.4) is 0 Å². The first-order chi connectivity index (χ1) is 5.93. The molecule has 0 heterocycles. The Bertz CT molecular complexity index is 187. The fourth-order valence-corrected chi connectivity index (χ4v) is 0.847. The number of hydrogen-bond acceptors (Lipinski definition) is 2. The molecule has 0 aliphatic heterocycles. The minimum absolute atomic E-state index is 0.0147. The van der Waals surface area contributed by atoms with Gasteiger partial charge in [-0.25, -0.2) is 0 Å². The quantitative estimate of drug-likeness (QED) is 0.675. The molecule has 0 aliphatic rings. The molecule has 0 bridgehead atoms. The molecule has 3 heteroatoms. The average Bonchev–Trinajstić information content (AvgIpc) is 1.98. The zero-order valence-corrected chi connectivity index (χ0v) is 8.98. The van der Waals surface area contributed by atoms with Gasteiger partial charge in [0.2, 0.25) is 5.91 Å². The smallest absolute Gasteiger partial charge is 0.224 e. The highest BCUT2D eigenvalue weighted by molar-refractivity contribution is 5.78. The van der Waals surface area contributed by atoms with E-state index in [9.17, 15) is 4.79 Å². The highest BCUT2D eigenvalue weighted by Gasteiger charge is 2.12. The molecule has 0 fully saturated rings.